The molecule has 0 atom stereocenters. The van der Waals surface area contributed by atoms with Crippen molar-refractivity contribution in [2.45, 2.75) is 108 Å². The summed E-state index contributed by atoms with van der Waals surface area (Å²) in [6.45, 7) is 2.07. The van der Waals surface area contributed by atoms with Crippen molar-refractivity contribution in [3.63, 3.8) is 0 Å². The lowest BCUT2D eigenvalue weighted by molar-refractivity contribution is -0.671. The Hall–Kier alpha value is -3.01. The van der Waals surface area contributed by atoms with Crippen molar-refractivity contribution in [1.82, 2.24) is 20.9 Å². The summed E-state index contributed by atoms with van der Waals surface area (Å²) >= 11 is 0. The summed E-state index contributed by atoms with van der Waals surface area (Å²) < 4.78 is 1.93. The molecular formula is C34H53N6O4+. The first-order chi connectivity index (χ1) is 21.2. The molecule has 5 rings (SSSR count). The molecule has 1 aromatic heterocycles. The van der Waals surface area contributed by atoms with Gasteiger partial charge in [-0.2, -0.15) is 0 Å². The minimum absolute atomic E-state index is 0.0256. The van der Waals surface area contributed by atoms with Gasteiger partial charge in [0.15, 0.2) is 12.4 Å². The zero-order valence-corrected chi connectivity index (χ0v) is 26.7. The quantitative estimate of drug-likeness (QED) is 0.338. The maximum atomic E-state index is 13.1. The van der Waals surface area contributed by atoms with E-state index in [4.69, 9.17) is 0 Å². The van der Waals surface area contributed by atoms with Crippen molar-refractivity contribution in [3.8, 4) is 0 Å². The van der Waals surface area contributed by atoms with Crippen LogP contribution in [-0.2, 0) is 26.2 Å². The molecule has 0 aromatic carbocycles. The molecule has 0 spiro atoms. The van der Waals surface area contributed by atoms with Gasteiger partial charge >= 0.3 is 0 Å². The van der Waals surface area contributed by atoms with Crippen LogP contribution >= 0.6 is 0 Å². The second-order valence-corrected chi connectivity index (χ2v) is 14.0. The first-order valence-electron chi connectivity index (χ1n) is 17.1. The summed E-state index contributed by atoms with van der Waals surface area (Å²) in [5.41, 5.74) is 0.808. The van der Waals surface area contributed by atoms with Crippen LogP contribution in [0.2, 0.25) is 0 Å². The maximum Gasteiger partial charge on any atom is 0.227 e. The van der Waals surface area contributed by atoms with E-state index in [0.29, 0.717) is 6.04 Å². The molecule has 4 N–H and O–H groups in total. The number of piperidine rings is 1. The molecule has 4 amide bonds. The molecule has 1 aliphatic heterocycles. The number of hydrogen-bond donors (Lipinski definition) is 4. The Kier molecular flexibility index (Phi) is 11.3. The maximum absolute atomic E-state index is 13.1. The van der Waals surface area contributed by atoms with Crippen LogP contribution in [0.5, 0.6) is 0 Å². The fraction of sp³-hybridized carbons (Fsp3) is 0.735. The van der Waals surface area contributed by atoms with Gasteiger partial charge in [-0.15, -0.1) is 0 Å². The Bertz CT molecular complexity index is 1130. The van der Waals surface area contributed by atoms with Gasteiger partial charge in [0.05, 0.1) is 5.69 Å². The van der Waals surface area contributed by atoms with E-state index in [1.165, 1.54) is 0 Å². The number of likely N-dealkylation sites (tertiary alicyclic amines) is 1. The van der Waals surface area contributed by atoms with Crippen molar-refractivity contribution in [1.29, 1.82) is 0 Å². The van der Waals surface area contributed by atoms with Crippen LogP contribution in [0.1, 0.15) is 89.9 Å². The number of nitrogens with zero attached hydrogens (tertiary/aromatic N) is 2. The third kappa shape index (κ3) is 9.02. The number of rotatable bonds is 8. The van der Waals surface area contributed by atoms with Gasteiger partial charge in [0, 0.05) is 53.9 Å². The minimum atomic E-state index is -0.0435. The van der Waals surface area contributed by atoms with Gasteiger partial charge in [-0.05, 0) is 110 Å². The predicted octanol–water partition coefficient (Wildman–Crippen LogP) is 2.82. The third-order valence-corrected chi connectivity index (χ3v) is 10.7. The Labute approximate surface area is 262 Å². The second kappa shape index (κ2) is 15.3. The highest BCUT2D eigenvalue weighted by atomic mass is 16.2. The van der Waals surface area contributed by atoms with E-state index in [9.17, 15) is 19.2 Å². The third-order valence-electron chi connectivity index (χ3n) is 10.7. The number of hydrogen-bond acceptors (Lipinski definition) is 5. The average molecular weight is 610 g/mol. The highest BCUT2D eigenvalue weighted by Crippen LogP contribution is 2.32. The molecule has 0 radical (unpaired) electrons. The molecule has 4 aliphatic rings. The number of aryl methyl sites for hydroxylation is 1. The number of pyridine rings is 1. The van der Waals surface area contributed by atoms with Crippen molar-refractivity contribution >= 4 is 29.3 Å². The van der Waals surface area contributed by atoms with Gasteiger partial charge < -0.3 is 26.2 Å². The SMILES string of the molecule is CN1CCC(NC(=O)C2CCC(NC(=O)C3CCC(C(=O)NC4CCC(C(=O)Nc5cc[n+](C)cc5)CC4)CC3)CC2)CC1. The Morgan fingerprint density at radius 1 is 0.568 bits per heavy atom. The van der Waals surface area contributed by atoms with Gasteiger partial charge in [-0.25, -0.2) is 4.57 Å². The number of carbonyl (C=O) groups excluding carboxylic acids is 4. The van der Waals surface area contributed by atoms with E-state index in [2.05, 4.69) is 33.2 Å². The molecule has 0 bridgehead atoms. The summed E-state index contributed by atoms with van der Waals surface area (Å²) in [7, 11) is 4.07. The number of amides is 4. The van der Waals surface area contributed by atoms with Gasteiger partial charge in [0.25, 0.3) is 0 Å². The molecule has 4 fully saturated rings. The summed E-state index contributed by atoms with van der Waals surface area (Å²) in [6.07, 6.45) is 15.3. The van der Waals surface area contributed by atoms with Crippen LogP contribution < -0.4 is 25.8 Å². The van der Waals surface area contributed by atoms with Crippen LogP contribution in [0, 0.1) is 23.7 Å². The zero-order chi connectivity index (χ0) is 31.1. The molecule has 10 nitrogen and oxygen atoms in total. The van der Waals surface area contributed by atoms with Crippen molar-refractivity contribution < 1.29 is 23.7 Å². The number of carbonyl (C=O) groups is 4. The van der Waals surface area contributed by atoms with E-state index >= 15 is 0 Å². The topological polar surface area (TPSA) is 124 Å². The lowest BCUT2D eigenvalue weighted by Crippen LogP contribution is -2.47. The van der Waals surface area contributed by atoms with Crippen LogP contribution in [0.25, 0.3) is 0 Å². The zero-order valence-electron chi connectivity index (χ0n) is 26.7. The first-order valence-corrected chi connectivity index (χ1v) is 17.1. The van der Waals surface area contributed by atoms with Gasteiger partial charge in [0.1, 0.15) is 7.05 Å². The highest BCUT2D eigenvalue weighted by Gasteiger charge is 2.34. The van der Waals surface area contributed by atoms with Gasteiger partial charge in [-0.3, -0.25) is 19.2 Å². The molecule has 1 aromatic rings. The van der Waals surface area contributed by atoms with E-state index < -0.39 is 0 Å². The smallest absolute Gasteiger partial charge is 0.227 e. The molecule has 3 saturated carbocycles. The normalized spacial score (nSPS) is 30.1. The molecular weight excluding hydrogens is 556 g/mol. The standard InChI is InChI=1S/C34H52N6O4/c1-39-19-15-29(16-20-39)37-33(43)25-7-11-27(12-8-25)35-31(41)23-3-5-24(6-4-23)32(42)36-28-13-9-26(10-14-28)34(44)38-30-17-21-40(2)22-18-30/h15-16,19-20,23-28,30H,3-14,17-18,21-22H2,1-2H3,(H3,35,36,38,41,42,44)/p+1. The van der Waals surface area contributed by atoms with Crippen molar-refractivity contribution in [2.75, 3.05) is 25.5 Å². The molecule has 0 unspecified atom stereocenters. The molecule has 242 valence electrons. The van der Waals surface area contributed by atoms with Crippen molar-refractivity contribution in [3.05, 3.63) is 24.5 Å². The predicted molar refractivity (Wildman–Crippen MR) is 168 cm³/mol. The summed E-state index contributed by atoms with van der Waals surface area (Å²) in [5, 5.41) is 12.8. The lowest BCUT2D eigenvalue weighted by atomic mass is 9.80. The average Bonchev–Trinajstić information content (AvgIpc) is 3.04. The fourth-order valence-corrected chi connectivity index (χ4v) is 7.56. The van der Waals surface area contributed by atoms with Crippen molar-refractivity contribution in [2.24, 2.45) is 30.7 Å². The summed E-state index contributed by atoms with van der Waals surface area (Å²) in [4.78, 5) is 53.9. The second-order valence-electron chi connectivity index (χ2n) is 14.0. The Morgan fingerprint density at radius 3 is 1.32 bits per heavy atom. The molecule has 3 aliphatic carbocycles. The largest absolute Gasteiger partial charge is 0.353 e. The van der Waals surface area contributed by atoms with Gasteiger partial charge in [-0.1, -0.05) is 0 Å². The number of nitrogens with one attached hydrogen (secondary N) is 4. The Morgan fingerprint density at radius 2 is 0.909 bits per heavy atom. The van der Waals surface area contributed by atoms with Crippen LogP contribution in [0.3, 0.4) is 0 Å². The van der Waals surface area contributed by atoms with E-state index in [-0.39, 0.29) is 59.4 Å². The number of anilines is 1. The molecule has 1 saturated heterocycles. The van der Waals surface area contributed by atoms with E-state index in [0.717, 1.165) is 109 Å². The minimum Gasteiger partial charge on any atom is -0.353 e. The lowest BCUT2D eigenvalue weighted by Gasteiger charge is -2.34. The molecule has 44 heavy (non-hydrogen) atoms. The molecule has 10 heteroatoms. The summed E-state index contributed by atoms with van der Waals surface area (Å²) in [5.74, 6) is 0.418. The summed E-state index contributed by atoms with van der Waals surface area (Å²) in [6, 6.07) is 4.35. The Balaban J connectivity index is 0.949. The number of aromatic nitrogens is 1. The highest BCUT2D eigenvalue weighted by molar-refractivity contribution is 5.92. The van der Waals surface area contributed by atoms with Gasteiger partial charge in [0.2, 0.25) is 23.6 Å². The van der Waals surface area contributed by atoms with E-state index in [1.54, 1.807) is 0 Å². The fourth-order valence-electron chi connectivity index (χ4n) is 7.56. The molecule has 2 heterocycles. The van der Waals surface area contributed by atoms with Crippen LogP contribution in [-0.4, -0.2) is 66.8 Å². The van der Waals surface area contributed by atoms with Crippen LogP contribution in [0.4, 0.5) is 5.69 Å². The first kappa shape index (κ1) is 32.4. The van der Waals surface area contributed by atoms with Crippen LogP contribution in [0.15, 0.2) is 24.5 Å². The van der Waals surface area contributed by atoms with E-state index in [1.807, 2.05) is 36.1 Å². The monoisotopic (exact) mass is 609 g/mol.